The lowest BCUT2D eigenvalue weighted by atomic mass is 10.1. The highest BCUT2D eigenvalue weighted by Gasteiger charge is 2.15. The van der Waals surface area contributed by atoms with Gasteiger partial charge < -0.3 is 15.2 Å². The van der Waals surface area contributed by atoms with Crippen LogP contribution in [0.15, 0.2) is 60.7 Å². The summed E-state index contributed by atoms with van der Waals surface area (Å²) < 4.78 is 5.25. The second-order valence-corrected chi connectivity index (χ2v) is 8.19. The van der Waals surface area contributed by atoms with Crippen molar-refractivity contribution in [2.75, 3.05) is 6.61 Å². The van der Waals surface area contributed by atoms with Crippen LogP contribution in [0.1, 0.15) is 31.9 Å². The second kappa shape index (κ2) is 9.88. The van der Waals surface area contributed by atoms with Gasteiger partial charge in [-0.1, -0.05) is 55.5 Å². The Morgan fingerprint density at radius 3 is 2.00 bits per heavy atom. The van der Waals surface area contributed by atoms with Gasteiger partial charge in [0.05, 0.1) is 6.61 Å². The third-order valence-electron chi connectivity index (χ3n) is 2.88. The highest BCUT2D eigenvalue weighted by Crippen LogP contribution is 2.40. The van der Waals surface area contributed by atoms with Gasteiger partial charge in [0.15, 0.2) is 0 Å². The summed E-state index contributed by atoms with van der Waals surface area (Å²) in [6, 6.07) is 19.4. The molecule has 2 aromatic rings. The Hall–Kier alpha value is -1.03. The van der Waals surface area contributed by atoms with E-state index in [2.05, 4.69) is 0 Å². The van der Waals surface area contributed by atoms with E-state index in [1.54, 1.807) is 12.1 Å². The lowest BCUT2D eigenvalue weighted by Crippen LogP contribution is -2.06. The molecule has 0 aliphatic carbocycles. The normalized spacial score (nSPS) is 14.4. The van der Waals surface area contributed by atoms with Crippen molar-refractivity contribution < 1.29 is 9.42 Å². The van der Waals surface area contributed by atoms with Crippen LogP contribution in [0.25, 0.3) is 0 Å². The largest absolute Gasteiger partial charge is 0.342 e. The maximum atomic E-state index is 9.82. The molecule has 2 rings (SSSR count). The summed E-state index contributed by atoms with van der Waals surface area (Å²) in [6.07, 6.45) is 0.867. The molecule has 2 atom stereocenters. The smallest absolute Gasteiger partial charge is 0.216 e. The predicted octanol–water partition coefficient (Wildman–Crippen LogP) is 3.75. The molecular formula is C17H24NO2PS. The van der Waals surface area contributed by atoms with E-state index in [-0.39, 0.29) is 6.04 Å². The minimum atomic E-state index is -2.73. The van der Waals surface area contributed by atoms with E-state index in [1.807, 2.05) is 62.4 Å². The lowest BCUT2D eigenvalue weighted by molar-refractivity contribution is 0.314. The van der Waals surface area contributed by atoms with E-state index < -0.39 is 6.49 Å². The van der Waals surface area contributed by atoms with E-state index in [4.69, 9.17) is 22.1 Å². The first kappa shape index (κ1) is 19.0. The molecule has 0 aliphatic heterocycles. The SMILES string of the molecule is CCCOP(O)(=S)c1ccccc1.C[C@@H](N)c1ccccc1. The fraction of sp³-hybridized carbons (Fsp3) is 0.294. The molecule has 0 bridgehead atoms. The zero-order valence-corrected chi connectivity index (χ0v) is 14.8. The third kappa shape index (κ3) is 6.82. The summed E-state index contributed by atoms with van der Waals surface area (Å²) >= 11 is 5.02. The van der Waals surface area contributed by atoms with Gasteiger partial charge in [-0.2, -0.15) is 0 Å². The third-order valence-corrected chi connectivity index (χ3v) is 5.31. The van der Waals surface area contributed by atoms with Crippen LogP contribution < -0.4 is 11.0 Å². The van der Waals surface area contributed by atoms with Gasteiger partial charge in [-0.25, -0.2) is 0 Å². The van der Waals surface area contributed by atoms with Crippen LogP contribution in [0.3, 0.4) is 0 Å². The van der Waals surface area contributed by atoms with Gasteiger partial charge in [-0.3, -0.25) is 0 Å². The molecule has 0 radical (unpaired) electrons. The molecule has 0 fully saturated rings. The van der Waals surface area contributed by atoms with Gasteiger partial charge in [0.2, 0.25) is 6.49 Å². The zero-order chi connectivity index (χ0) is 16.4. The van der Waals surface area contributed by atoms with Crippen LogP contribution in [-0.4, -0.2) is 11.5 Å². The number of hydrogen-bond acceptors (Lipinski definition) is 3. The Morgan fingerprint density at radius 2 is 1.59 bits per heavy atom. The van der Waals surface area contributed by atoms with Crippen LogP contribution in [0.2, 0.25) is 0 Å². The summed E-state index contributed by atoms with van der Waals surface area (Å²) in [7, 11) is 0. The fourth-order valence-electron chi connectivity index (χ4n) is 1.66. The molecule has 3 N–H and O–H groups in total. The van der Waals surface area contributed by atoms with Crippen molar-refractivity contribution in [3.63, 3.8) is 0 Å². The Balaban J connectivity index is 0.000000235. The van der Waals surface area contributed by atoms with Gasteiger partial charge >= 0.3 is 0 Å². The van der Waals surface area contributed by atoms with Gasteiger partial charge in [-0.15, -0.1) is 0 Å². The summed E-state index contributed by atoms with van der Waals surface area (Å²) in [4.78, 5) is 9.82. The highest BCUT2D eigenvalue weighted by molar-refractivity contribution is 8.13. The van der Waals surface area contributed by atoms with E-state index in [9.17, 15) is 4.89 Å². The number of hydrogen-bond donors (Lipinski definition) is 2. The minimum absolute atomic E-state index is 0.159. The van der Waals surface area contributed by atoms with Gasteiger partial charge in [0, 0.05) is 11.3 Å². The van der Waals surface area contributed by atoms with Gasteiger partial charge in [-0.05, 0) is 42.8 Å². The Labute approximate surface area is 138 Å². The second-order valence-electron chi connectivity index (χ2n) is 4.89. The van der Waals surface area contributed by atoms with Crippen LogP contribution in [0.5, 0.6) is 0 Å². The quantitative estimate of drug-likeness (QED) is 0.816. The Bertz CT molecular complexity index is 576. The van der Waals surface area contributed by atoms with Gasteiger partial charge in [0.25, 0.3) is 0 Å². The number of rotatable bonds is 5. The van der Waals surface area contributed by atoms with Crippen molar-refractivity contribution >= 4 is 23.6 Å². The van der Waals surface area contributed by atoms with E-state index >= 15 is 0 Å². The van der Waals surface area contributed by atoms with Crippen molar-refractivity contribution in [2.24, 2.45) is 5.73 Å². The first-order valence-electron chi connectivity index (χ1n) is 7.31. The molecule has 0 saturated heterocycles. The van der Waals surface area contributed by atoms with Crippen LogP contribution in [0.4, 0.5) is 0 Å². The molecule has 120 valence electrons. The molecule has 3 nitrogen and oxygen atoms in total. The molecule has 0 aliphatic rings. The zero-order valence-electron chi connectivity index (χ0n) is 13.1. The number of nitrogens with two attached hydrogens (primary N) is 1. The van der Waals surface area contributed by atoms with Crippen molar-refractivity contribution in [2.45, 2.75) is 26.3 Å². The van der Waals surface area contributed by atoms with Crippen molar-refractivity contribution in [3.8, 4) is 0 Å². The standard InChI is InChI=1S/C9H13O2PS.C8H11N/c1-2-8-11-12(10,13)9-6-4-3-5-7-9;1-7(9)8-5-3-2-4-6-8/h3-7H,2,8H2,1H3,(H,10,13);2-7H,9H2,1H3/t;7-/m.1/s1. The molecular weight excluding hydrogens is 313 g/mol. The maximum Gasteiger partial charge on any atom is 0.216 e. The number of benzene rings is 2. The molecule has 0 aromatic heterocycles. The average Bonchev–Trinajstić information content (AvgIpc) is 2.55. The van der Waals surface area contributed by atoms with E-state index in [1.165, 1.54) is 5.56 Å². The first-order chi connectivity index (χ1) is 10.5. The minimum Gasteiger partial charge on any atom is -0.342 e. The van der Waals surface area contributed by atoms with Crippen LogP contribution in [-0.2, 0) is 16.3 Å². The Kier molecular flexibility index (Phi) is 8.54. The molecule has 0 saturated carbocycles. The summed E-state index contributed by atoms with van der Waals surface area (Å²) in [5.74, 6) is 0. The molecule has 1 unspecified atom stereocenters. The first-order valence-corrected chi connectivity index (χ1v) is 9.98. The summed E-state index contributed by atoms with van der Waals surface area (Å²) in [5, 5.41) is 0.721. The molecule has 0 spiro atoms. The van der Waals surface area contributed by atoms with Crippen molar-refractivity contribution in [1.82, 2.24) is 0 Å². The highest BCUT2D eigenvalue weighted by atomic mass is 32.5. The van der Waals surface area contributed by atoms with E-state index in [0.717, 1.165) is 11.7 Å². The van der Waals surface area contributed by atoms with Crippen molar-refractivity contribution in [1.29, 1.82) is 0 Å². The van der Waals surface area contributed by atoms with Gasteiger partial charge in [0.1, 0.15) is 0 Å². The van der Waals surface area contributed by atoms with E-state index in [0.29, 0.717) is 6.61 Å². The Morgan fingerprint density at radius 1 is 1.09 bits per heavy atom. The molecule has 0 heterocycles. The average molecular weight is 337 g/mol. The lowest BCUT2D eigenvalue weighted by Gasteiger charge is -2.14. The van der Waals surface area contributed by atoms with Crippen LogP contribution >= 0.6 is 6.49 Å². The summed E-state index contributed by atoms with van der Waals surface area (Å²) in [5.41, 5.74) is 6.81. The predicted molar refractivity (Wildman–Crippen MR) is 97.9 cm³/mol. The monoisotopic (exact) mass is 337 g/mol. The summed E-state index contributed by atoms with van der Waals surface area (Å²) in [6.45, 7) is 1.76. The molecule has 22 heavy (non-hydrogen) atoms. The van der Waals surface area contributed by atoms with Crippen LogP contribution in [0, 0.1) is 0 Å². The maximum absolute atomic E-state index is 9.82. The molecule has 0 amide bonds. The topological polar surface area (TPSA) is 55.5 Å². The molecule has 2 aromatic carbocycles. The van der Waals surface area contributed by atoms with Crippen molar-refractivity contribution in [3.05, 3.63) is 66.2 Å². The fourth-order valence-corrected chi connectivity index (χ4v) is 3.38. The molecule has 5 heteroatoms.